The van der Waals surface area contributed by atoms with Crippen molar-refractivity contribution in [3.05, 3.63) is 52.8 Å². The third-order valence-corrected chi connectivity index (χ3v) is 3.51. The van der Waals surface area contributed by atoms with E-state index in [1.54, 1.807) is 0 Å². The summed E-state index contributed by atoms with van der Waals surface area (Å²) in [7, 11) is 0. The lowest BCUT2D eigenvalue weighted by Crippen LogP contribution is -2.14. The van der Waals surface area contributed by atoms with Crippen LogP contribution in [0.1, 0.15) is 24.5 Å². The van der Waals surface area contributed by atoms with E-state index < -0.39 is 0 Å². The highest BCUT2D eigenvalue weighted by molar-refractivity contribution is 6.31. The predicted molar refractivity (Wildman–Crippen MR) is 81.4 cm³/mol. The monoisotopic (exact) mass is 274 g/mol. The van der Waals surface area contributed by atoms with Crippen molar-refractivity contribution in [3.8, 4) is 11.1 Å². The Labute approximate surface area is 119 Å². The second-order valence-electron chi connectivity index (χ2n) is 4.67. The summed E-state index contributed by atoms with van der Waals surface area (Å²) in [5, 5.41) is 4.20. The van der Waals surface area contributed by atoms with Crippen LogP contribution >= 0.6 is 11.6 Å². The predicted octanol–water partition coefficient (Wildman–Crippen LogP) is 4.21. The number of hydrogen-bond acceptors (Lipinski definition) is 2. The molecule has 1 heterocycles. The molecule has 19 heavy (non-hydrogen) atoms. The highest BCUT2D eigenvalue weighted by Gasteiger charge is 2.06. The van der Waals surface area contributed by atoms with Gasteiger partial charge in [-0.2, -0.15) is 0 Å². The van der Waals surface area contributed by atoms with Gasteiger partial charge < -0.3 is 5.32 Å². The first-order chi connectivity index (χ1) is 9.22. The van der Waals surface area contributed by atoms with Crippen molar-refractivity contribution in [1.82, 2.24) is 10.3 Å². The molecule has 1 N–H and O–H groups in total. The largest absolute Gasteiger partial charge is 0.313 e. The number of benzene rings is 1. The van der Waals surface area contributed by atoms with Gasteiger partial charge in [-0.05, 0) is 54.8 Å². The summed E-state index contributed by atoms with van der Waals surface area (Å²) < 4.78 is 0. The van der Waals surface area contributed by atoms with Gasteiger partial charge >= 0.3 is 0 Å². The van der Waals surface area contributed by atoms with Crippen molar-refractivity contribution < 1.29 is 0 Å². The number of rotatable bonds is 5. The maximum Gasteiger partial charge on any atom is 0.0451 e. The minimum Gasteiger partial charge on any atom is -0.313 e. The van der Waals surface area contributed by atoms with Crippen molar-refractivity contribution in [1.29, 1.82) is 0 Å². The van der Waals surface area contributed by atoms with Crippen LogP contribution in [0.25, 0.3) is 11.1 Å². The lowest BCUT2D eigenvalue weighted by atomic mass is 10.0. The zero-order chi connectivity index (χ0) is 13.7. The van der Waals surface area contributed by atoms with Gasteiger partial charge in [-0.15, -0.1) is 0 Å². The molecular formula is C16H19ClN2. The molecule has 1 aromatic carbocycles. The fraction of sp³-hybridized carbons (Fsp3) is 0.312. The van der Waals surface area contributed by atoms with Gasteiger partial charge in [0.1, 0.15) is 0 Å². The Hall–Kier alpha value is -1.38. The van der Waals surface area contributed by atoms with Crippen molar-refractivity contribution in [2.75, 3.05) is 6.54 Å². The average Bonchev–Trinajstić information content (AvgIpc) is 2.42. The number of aromatic nitrogens is 1. The van der Waals surface area contributed by atoms with E-state index in [1.807, 2.05) is 24.5 Å². The molecule has 0 aliphatic carbocycles. The van der Waals surface area contributed by atoms with Crippen LogP contribution in [-0.4, -0.2) is 11.5 Å². The first kappa shape index (κ1) is 14.0. The summed E-state index contributed by atoms with van der Waals surface area (Å²) >= 11 is 6.25. The molecule has 100 valence electrons. The molecule has 3 heteroatoms. The van der Waals surface area contributed by atoms with E-state index in [0.717, 1.165) is 35.7 Å². The molecule has 2 rings (SSSR count). The standard InChI is InChI=1S/C16H19ClN2/c1-3-7-18-10-14-9-13(4-5-16(14)17)15-11-19-8-6-12(15)2/h4-6,8-9,11,18H,3,7,10H2,1-2H3. The summed E-state index contributed by atoms with van der Waals surface area (Å²) in [6.45, 7) is 6.07. The third kappa shape index (κ3) is 3.55. The Morgan fingerprint density at radius 3 is 2.84 bits per heavy atom. The molecule has 0 bridgehead atoms. The Morgan fingerprint density at radius 1 is 1.26 bits per heavy atom. The van der Waals surface area contributed by atoms with Crippen LogP contribution in [0.5, 0.6) is 0 Å². The Balaban J connectivity index is 2.28. The van der Waals surface area contributed by atoms with E-state index in [1.165, 1.54) is 11.1 Å². The van der Waals surface area contributed by atoms with Gasteiger partial charge in [0.05, 0.1) is 0 Å². The molecule has 0 amide bonds. The SMILES string of the molecule is CCCNCc1cc(-c2cnccc2C)ccc1Cl. The van der Waals surface area contributed by atoms with Gasteiger partial charge in [-0.3, -0.25) is 4.98 Å². The molecule has 0 saturated carbocycles. The Bertz CT molecular complexity index is 552. The smallest absolute Gasteiger partial charge is 0.0451 e. The lowest BCUT2D eigenvalue weighted by molar-refractivity contribution is 0.676. The molecule has 0 atom stereocenters. The highest BCUT2D eigenvalue weighted by atomic mass is 35.5. The summed E-state index contributed by atoms with van der Waals surface area (Å²) in [6, 6.07) is 8.19. The van der Waals surface area contributed by atoms with Gasteiger partial charge in [0.15, 0.2) is 0 Å². The molecule has 1 aromatic heterocycles. The number of nitrogens with zero attached hydrogens (tertiary/aromatic N) is 1. The normalized spacial score (nSPS) is 10.7. The van der Waals surface area contributed by atoms with Gasteiger partial charge in [-0.25, -0.2) is 0 Å². The van der Waals surface area contributed by atoms with Gasteiger partial charge in [-0.1, -0.05) is 24.6 Å². The summed E-state index contributed by atoms with van der Waals surface area (Å²) in [5.74, 6) is 0. The van der Waals surface area contributed by atoms with E-state index >= 15 is 0 Å². The quantitative estimate of drug-likeness (QED) is 0.826. The Kier molecular flexibility index (Phi) is 4.94. The average molecular weight is 275 g/mol. The number of pyridine rings is 1. The van der Waals surface area contributed by atoms with Crippen LogP contribution in [0, 0.1) is 6.92 Å². The molecule has 0 radical (unpaired) electrons. The van der Waals surface area contributed by atoms with Crippen LogP contribution < -0.4 is 5.32 Å². The van der Waals surface area contributed by atoms with Crippen LogP contribution in [0.2, 0.25) is 5.02 Å². The first-order valence-electron chi connectivity index (χ1n) is 6.62. The molecule has 0 saturated heterocycles. The summed E-state index contributed by atoms with van der Waals surface area (Å²) in [6.07, 6.45) is 4.85. The molecule has 0 spiro atoms. The number of hydrogen-bond donors (Lipinski definition) is 1. The van der Waals surface area contributed by atoms with Crippen LogP contribution in [0.3, 0.4) is 0 Å². The van der Waals surface area contributed by atoms with Crippen molar-refractivity contribution in [2.45, 2.75) is 26.8 Å². The van der Waals surface area contributed by atoms with E-state index in [-0.39, 0.29) is 0 Å². The van der Waals surface area contributed by atoms with Gasteiger partial charge in [0, 0.05) is 29.5 Å². The van der Waals surface area contributed by atoms with E-state index in [2.05, 4.69) is 36.3 Å². The Morgan fingerprint density at radius 2 is 2.11 bits per heavy atom. The topological polar surface area (TPSA) is 24.9 Å². The van der Waals surface area contributed by atoms with E-state index in [9.17, 15) is 0 Å². The molecule has 0 aliphatic rings. The fourth-order valence-corrected chi connectivity index (χ4v) is 2.23. The minimum absolute atomic E-state index is 0.805. The number of halogens is 1. The maximum atomic E-state index is 6.25. The first-order valence-corrected chi connectivity index (χ1v) is 7.00. The van der Waals surface area contributed by atoms with E-state index in [4.69, 9.17) is 11.6 Å². The second kappa shape index (κ2) is 6.69. The third-order valence-electron chi connectivity index (χ3n) is 3.14. The van der Waals surface area contributed by atoms with E-state index in [0.29, 0.717) is 0 Å². The van der Waals surface area contributed by atoms with Crippen LogP contribution in [0.4, 0.5) is 0 Å². The zero-order valence-corrected chi connectivity index (χ0v) is 12.2. The fourth-order valence-electron chi connectivity index (χ4n) is 2.04. The molecule has 0 aliphatic heterocycles. The maximum absolute atomic E-state index is 6.25. The van der Waals surface area contributed by atoms with Gasteiger partial charge in [0.25, 0.3) is 0 Å². The van der Waals surface area contributed by atoms with Crippen molar-refractivity contribution >= 4 is 11.6 Å². The van der Waals surface area contributed by atoms with Crippen molar-refractivity contribution in [2.24, 2.45) is 0 Å². The highest BCUT2D eigenvalue weighted by Crippen LogP contribution is 2.26. The van der Waals surface area contributed by atoms with Gasteiger partial charge in [0.2, 0.25) is 0 Å². The lowest BCUT2D eigenvalue weighted by Gasteiger charge is -2.10. The summed E-state index contributed by atoms with van der Waals surface area (Å²) in [5.41, 5.74) is 4.69. The molecule has 0 unspecified atom stereocenters. The van der Waals surface area contributed by atoms with Crippen LogP contribution in [0.15, 0.2) is 36.7 Å². The summed E-state index contributed by atoms with van der Waals surface area (Å²) in [4.78, 5) is 4.20. The molecule has 2 nitrogen and oxygen atoms in total. The minimum atomic E-state index is 0.805. The van der Waals surface area contributed by atoms with Crippen LogP contribution in [-0.2, 0) is 6.54 Å². The number of nitrogens with one attached hydrogen (secondary N) is 1. The second-order valence-corrected chi connectivity index (χ2v) is 5.08. The number of aryl methyl sites for hydroxylation is 1. The molecular weight excluding hydrogens is 256 g/mol. The van der Waals surface area contributed by atoms with Crippen molar-refractivity contribution in [3.63, 3.8) is 0 Å². The molecule has 2 aromatic rings. The molecule has 0 fully saturated rings. The zero-order valence-electron chi connectivity index (χ0n) is 11.4.